The fourth-order valence-electron chi connectivity index (χ4n) is 4.17. The molecule has 7 nitrogen and oxygen atoms in total. The average Bonchev–Trinajstić information content (AvgIpc) is 2.83. The standard InChI is InChI=1S/C27H24BrN3O4/c1-15(13-22(32)33)24-26(35-3)21(11-12-29-24)31-27(34)23-16(2)25(17-7-5-4-6-8-17)30-20-10-9-18(28)14-19(20)23/h4-12,14-15H,13H2,1-3H3,(H,32,33)(H,29,31,34). The number of hydrogen-bond donors (Lipinski definition) is 2. The van der Waals surface area contributed by atoms with Gasteiger partial charge in [-0.1, -0.05) is 53.2 Å². The number of hydrogen-bond acceptors (Lipinski definition) is 5. The van der Waals surface area contributed by atoms with Crippen LogP contribution in [0.4, 0.5) is 5.69 Å². The zero-order valence-corrected chi connectivity index (χ0v) is 21.1. The van der Waals surface area contributed by atoms with Crippen LogP contribution in [0.3, 0.4) is 0 Å². The number of amides is 1. The molecule has 8 heteroatoms. The number of anilines is 1. The van der Waals surface area contributed by atoms with E-state index in [9.17, 15) is 14.7 Å². The van der Waals surface area contributed by atoms with Gasteiger partial charge in [-0.05, 0) is 36.8 Å². The van der Waals surface area contributed by atoms with Gasteiger partial charge in [-0.2, -0.15) is 0 Å². The first-order valence-electron chi connectivity index (χ1n) is 11.0. The first kappa shape index (κ1) is 24.3. The van der Waals surface area contributed by atoms with Crippen LogP contribution < -0.4 is 10.1 Å². The summed E-state index contributed by atoms with van der Waals surface area (Å²) in [6.45, 7) is 3.64. The van der Waals surface area contributed by atoms with E-state index in [1.54, 1.807) is 13.0 Å². The number of nitrogens with zero attached hydrogens (tertiary/aromatic N) is 2. The highest BCUT2D eigenvalue weighted by Crippen LogP contribution is 2.36. The third-order valence-corrected chi connectivity index (χ3v) is 6.29. The third-order valence-electron chi connectivity index (χ3n) is 5.80. The zero-order valence-electron chi connectivity index (χ0n) is 19.5. The second kappa shape index (κ2) is 10.2. The molecule has 0 spiro atoms. The number of methoxy groups -OCH3 is 1. The number of carbonyl (C=O) groups is 2. The lowest BCUT2D eigenvalue weighted by Crippen LogP contribution is -2.17. The Kier molecular flexibility index (Phi) is 7.12. The molecule has 4 rings (SSSR count). The zero-order chi connectivity index (χ0) is 25.1. The number of carboxylic acids is 1. The van der Waals surface area contributed by atoms with E-state index >= 15 is 0 Å². The van der Waals surface area contributed by atoms with Crippen LogP contribution in [0.1, 0.15) is 40.9 Å². The van der Waals surface area contributed by atoms with Gasteiger partial charge in [0.25, 0.3) is 5.91 Å². The highest BCUT2D eigenvalue weighted by Gasteiger charge is 2.23. The molecule has 1 unspecified atom stereocenters. The molecule has 1 atom stereocenters. The minimum atomic E-state index is -0.936. The van der Waals surface area contributed by atoms with Gasteiger partial charge in [0, 0.05) is 27.5 Å². The van der Waals surface area contributed by atoms with Gasteiger partial charge >= 0.3 is 5.97 Å². The van der Waals surface area contributed by atoms with Crippen molar-refractivity contribution < 1.29 is 19.4 Å². The molecule has 0 radical (unpaired) electrons. The molecule has 0 saturated carbocycles. The number of carboxylic acid groups (broad SMARTS) is 1. The number of ether oxygens (including phenoxy) is 1. The molecule has 0 aliphatic rings. The lowest BCUT2D eigenvalue weighted by Gasteiger charge is -2.18. The molecule has 0 aliphatic carbocycles. The SMILES string of the molecule is COc1c(NC(=O)c2c(C)c(-c3ccccc3)nc3ccc(Br)cc23)ccnc1C(C)CC(=O)O. The van der Waals surface area contributed by atoms with Crippen LogP contribution in [0.2, 0.25) is 0 Å². The quantitative estimate of drug-likeness (QED) is 0.293. The summed E-state index contributed by atoms with van der Waals surface area (Å²) in [5.74, 6) is -1.32. The number of benzene rings is 2. The first-order chi connectivity index (χ1) is 16.8. The maximum absolute atomic E-state index is 13.7. The van der Waals surface area contributed by atoms with Crippen LogP contribution in [0.25, 0.3) is 22.2 Å². The molecule has 1 amide bonds. The average molecular weight is 534 g/mol. The van der Waals surface area contributed by atoms with E-state index in [1.165, 1.54) is 13.3 Å². The molecule has 2 aromatic heterocycles. The van der Waals surface area contributed by atoms with E-state index < -0.39 is 11.9 Å². The Hall–Kier alpha value is -3.78. The molecule has 2 aromatic carbocycles. The number of halogens is 1. The number of fused-ring (bicyclic) bond motifs is 1. The highest BCUT2D eigenvalue weighted by atomic mass is 79.9. The Labute approximate surface area is 211 Å². The van der Waals surface area contributed by atoms with Gasteiger partial charge in [-0.25, -0.2) is 4.98 Å². The first-order valence-corrected chi connectivity index (χ1v) is 11.8. The predicted molar refractivity (Wildman–Crippen MR) is 139 cm³/mol. The summed E-state index contributed by atoms with van der Waals surface area (Å²) in [5, 5.41) is 12.9. The van der Waals surface area contributed by atoms with E-state index in [2.05, 4.69) is 26.2 Å². The number of aromatic nitrogens is 2. The van der Waals surface area contributed by atoms with Crippen LogP contribution in [-0.2, 0) is 4.79 Å². The van der Waals surface area contributed by atoms with E-state index in [0.29, 0.717) is 33.6 Å². The second-order valence-electron chi connectivity index (χ2n) is 8.22. The Balaban J connectivity index is 1.83. The van der Waals surface area contributed by atoms with Crippen LogP contribution in [0.15, 0.2) is 65.3 Å². The summed E-state index contributed by atoms with van der Waals surface area (Å²) in [7, 11) is 1.47. The van der Waals surface area contributed by atoms with Gasteiger partial charge in [0.15, 0.2) is 5.75 Å². The number of pyridine rings is 2. The van der Waals surface area contributed by atoms with Gasteiger partial charge in [-0.3, -0.25) is 14.6 Å². The minimum absolute atomic E-state index is 0.108. The van der Waals surface area contributed by atoms with Gasteiger partial charge < -0.3 is 15.2 Å². The summed E-state index contributed by atoms with van der Waals surface area (Å²) in [6.07, 6.45) is 1.43. The topological polar surface area (TPSA) is 101 Å². The molecular weight excluding hydrogens is 510 g/mol. The maximum atomic E-state index is 13.7. The number of carbonyl (C=O) groups excluding carboxylic acids is 1. The summed E-state index contributed by atoms with van der Waals surface area (Å²) < 4.78 is 6.39. The molecule has 0 bridgehead atoms. The second-order valence-corrected chi connectivity index (χ2v) is 9.13. The lowest BCUT2D eigenvalue weighted by atomic mass is 9.97. The van der Waals surface area contributed by atoms with E-state index in [4.69, 9.17) is 9.72 Å². The number of rotatable bonds is 7. The Bertz CT molecular complexity index is 1420. The largest absolute Gasteiger partial charge is 0.493 e. The van der Waals surface area contributed by atoms with Crippen molar-refractivity contribution >= 4 is 44.4 Å². The van der Waals surface area contributed by atoms with E-state index in [-0.39, 0.29) is 12.3 Å². The molecule has 35 heavy (non-hydrogen) atoms. The van der Waals surface area contributed by atoms with Crippen molar-refractivity contribution in [2.75, 3.05) is 12.4 Å². The molecule has 4 aromatic rings. The monoisotopic (exact) mass is 533 g/mol. The molecule has 0 saturated heterocycles. The van der Waals surface area contributed by atoms with Crippen LogP contribution in [-0.4, -0.2) is 34.1 Å². The van der Waals surface area contributed by atoms with Gasteiger partial charge in [0.05, 0.1) is 41.7 Å². The van der Waals surface area contributed by atoms with Gasteiger partial charge in [0.2, 0.25) is 0 Å². The van der Waals surface area contributed by atoms with Gasteiger partial charge in [0.1, 0.15) is 0 Å². The Morgan fingerprint density at radius 3 is 2.57 bits per heavy atom. The fraction of sp³-hybridized carbons (Fsp3) is 0.185. The fourth-order valence-corrected chi connectivity index (χ4v) is 4.53. The summed E-state index contributed by atoms with van der Waals surface area (Å²) >= 11 is 3.50. The van der Waals surface area contributed by atoms with Crippen LogP contribution in [0.5, 0.6) is 5.75 Å². The van der Waals surface area contributed by atoms with Crippen molar-refractivity contribution in [3.8, 4) is 17.0 Å². The van der Waals surface area contributed by atoms with E-state index in [1.807, 2.05) is 55.5 Å². The number of nitrogens with one attached hydrogen (secondary N) is 1. The van der Waals surface area contributed by atoms with Gasteiger partial charge in [-0.15, -0.1) is 0 Å². The normalized spacial score (nSPS) is 11.8. The molecule has 178 valence electrons. The van der Waals surface area contributed by atoms with E-state index in [0.717, 1.165) is 21.3 Å². The van der Waals surface area contributed by atoms with Crippen molar-refractivity contribution in [1.82, 2.24) is 9.97 Å². The molecule has 0 fully saturated rings. The number of aliphatic carboxylic acids is 1. The van der Waals surface area contributed by atoms with Crippen molar-refractivity contribution in [3.05, 3.63) is 82.1 Å². The predicted octanol–water partition coefficient (Wildman–Crippen LogP) is 6.21. The molecule has 2 heterocycles. The molecular formula is C27H24BrN3O4. The summed E-state index contributed by atoms with van der Waals surface area (Å²) in [5.41, 5.74) is 4.46. The molecule has 0 aliphatic heterocycles. The van der Waals surface area contributed by atoms with Crippen molar-refractivity contribution in [1.29, 1.82) is 0 Å². The summed E-state index contributed by atoms with van der Waals surface area (Å²) in [6, 6.07) is 17.0. The minimum Gasteiger partial charge on any atom is -0.493 e. The lowest BCUT2D eigenvalue weighted by molar-refractivity contribution is -0.137. The maximum Gasteiger partial charge on any atom is 0.304 e. The highest BCUT2D eigenvalue weighted by molar-refractivity contribution is 9.10. The van der Waals surface area contributed by atoms with Crippen LogP contribution >= 0.6 is 15.9 Å². The summed E-state index contributed by atoms with van der Waals surface area (Å²) in [4.78, 5) is 34.1. The van der Waals surface area contributed by atoms with Crippen molar-refractivity contribution in [2.24, 2.45) is 0 Å². The van der Waals surface area contributed by atoms with Crippen LogP contribution in [0, 0.1) is 6.92 Å². The van der Waals surface area contributed by atoms with Crippen molar-refractivity contribution in [2.45, 2.75) is 26.2 Å². The Morgan fingerprint density at radius 2 is 1.89 bits per heavy atom. The van der Waals surface area contributed by atoms with Crippen molar-refractivity contribution in [3.63, 3.8) is 0 Å². The third kappa shape index (κ3) is 5.02. The Morgan fingerprint density at radius 1 is 1.14 bits per heavy atom. The smallest absolute Gasteiger partial charge is 0.304 e. The molecule has 2 N–H and O–H groups in total.